The first kappa shape index (κ1) is 25.3. The number of carbonyl (C=O) groups is 3. The predicted molar refractivity (Wildman–Crippen MR) is 133 cm³/mol. The summed E-state index contributed by atoms with van der Waals surface area (Å²) in [5.41, 5.74) is 7.05. The highest BCUT2D eigenvalue weighted by Gasteiger charge is 2.54. The quantitative estimate of drug-likeness (QED) is 0.0979. The average Bonchev–Trinajstić information content (AvgIpc) is 3.30. The number of thioether (sulfide) groups is 1. The number of nitrogens with two attached hydrogens (primary N) is 1. The Morgan fingerprint density at radius 3 is 2.97 bits per heavy atom. The standard InChI is InChI=1S/C22H23N7O5S2/c1-3-8-34-26-14(17-25-22(23)36-27-17)18(30)24-15-19(31)29-16(21(32)33)13(11-35-20(15)29)10-28-7-5-6-12(4-2)9-28/h3,5-7,9,15,20H,1,4,8,10-11H2,2H3,(H3-,23,24,25,27,30,32,33)/p+1/t15?,20-/m0/s1. The Morgan fingerprint density at radius 1 is 1.50 bits per heavy atom. The van der Waals surface area contributed by atoms with Crippen LogP contribution in [0, 0.1) is 0 Å². The van der Waals surface area contributed by atoms with Gasteiger partial charge in [0.05, 0.1) is 0 Å². The lowest BCUT2D eigenvalue weighted by atomic mass is 10.0. The minimum absolute atomic E-state index is 0.0414. The van der Waals surface area contributed by atoms with Crippen molar-refractivity contribution in [1.82, 2.24) is 19.6 Å². The second-order valence-electron chi connectivity index (χ2n) is 7.84. The lowest BCUT2D eigenvalue weighted by Crippen LogP contribution is -2.71. The molecule has 0 aromatic carbocycles. The van der Waals surface area contributed by atoms with Crippen LogP contribution in [0.4, 0.5) is 5.13 Å². The van der Waals surface area contributed by atoms with Gasteiger partial charge in [0.2, 0.25) is 11.5 Å². The van der Waals surface area contributed by atoms with Crippen molar-refractivity contribution in [3.8, 4) is 0 Å². The number of anilines is 1. The van der Waals surface area contributed by atoms with Crippen molar-refractivity contribution >= 4 is 51.9 Å². The summed E-state index contributed by atoms with van der Waals surface area (Å²) in [6.45, 7) is 5.93. The molecular formula is C22H24N7O5S2+. The zero-order valence-corrected chi connectivity index (χ0v) is 20.9. The minimum Gasteiger partial charge on any atom is -0.477 e. The van der Waals surface area contributed by atoms with E-state index < -0.39 is 29.2 Å². The van der Waals surface area contributed by atoms with Gasteiger partial charge in [-0.05, 0) is 12.5 Å². The summed E-state index contributed by atoms with van der Waals surface area (Å²) in [6.07, 6.45) is 6.11. The Morgan fingerprint density at radius 2 is 2.31 bits per heavy atom. The normalized spacial score (nSPS) is 19.4. The van der Waals surface area contributed by atoms with E-state index in [1.807, 2.05) is 36.0 Å². The van der Waals surface area contributed by atoms with Gasteiger partial charge < -0.3 is 21.0 Å². The number of hydrogen-bond donors (Lipinski definition) is 3. The maximum absolute atomic E-state index is 13.0. The number of nitrogen functional groups attached to an aromatic ring is 1. The van der Waals surface area contributed by atoms with Crippen LogP contribution in [-0.4, -0.2) is 66.6 Å². The molecule has 14 heteroatoms. The van der Waals surface area contributed by atoms with Crippen LogP contribution in [0.25, 0.3) is 0 Å². The molecule has 2 atom stereocenters. The molecule has 2 aromatic rings. The van der Waals surface area contributed by atoms with Crippen LogP contribution in [0.15, 0.2) is 53.6 Å². The summed E-state index contributed by atoms with van der Waals surface area (Å²) in [5, 5.41) is 15.9. The highest BCUT2D eigenvalue weighted by molar-refractivity contribution is 8.00. The molecule has 4 heterocycles. The third-order valence-electron chi connectivity index (χ3n) is 5.45. The van der Waals surface area contributed by atoms with Crippen molar-refractivity contribution in [3.05, 3.63) is 59.8 Å². The fourth-order valence-electron chi connectivity index (χ4n) is 3.79. The Hall–Kier alpha value is -3.78. The Kier molecular flexibility index (Phi) is 7.64. The fraction of sp³-hybridized carbons (Fsp3) is 0.318. The second kappa shape index (κ2) is 10.9. The molecule has 1 saturated heterocycles. The van der Waals surface area contributed by atoms with E-state index in [9.17, 15) is 19.5 Å². The molecular weight excluding hydrogens is 506 g/mol. The summed E-state index contributed by atoms with van der Waals surface area (Å²) in [5.74, 6) is -2.12. The third-order valence-corrected chi connectivity index (χ3v) is 7.34. The number of carboxylic acid groups (broad SMARTS) is 1. The number of aromatic nitrogens is 3. The molecule has 0 saturated carbocycles. The van der Waals surface area contributed by atoms with Crippen LogP contribution in [0.1, 0.15) is 18.3 Å². The van der Waals surface area contributed by atoms with Gasteiger partial charge in [0.1, 0.15) is 23.7 Å². The molecule has 2 aromatic heterocycles. The molecule has 188 valence electrons. The number of aliphatic carboxylic acids is 1. The molecule has 36 heavy (non-hydrogen) atoms. The molecule has 1 unspecified atom stereocenters. The lowest BCUT2D eigenvalue weighted by molar-refractivity contribution is -0.689. The Balaban J connectivity index is 1.53. The topological polar surface area (TPSA) is 164 Å². The number of carbonyl (C=O) groups excluding carboxylic acids is 2. The highest BCUT2D eigenvalue weighted by atomic mass is 32.2. The predicted octanol–water partition coefficient (Wildman–Crippen LogP) is 0.316. The van der Waals surface area contributed by atoms with Gasteiger partial charge in [-0.1, -0.05) is 24.7 Å². The van der Waals surface area contributed by atoms with E-state index in [-0.39, 0.29) is 29.0 Å². The van der Waals surface area contributed by atoms with E-state index in [1.54, 1.807) is 0 Å². The lowest BCUT2D eigenvalue weighted by Gasteiger charge is -2.49. The molecule has 2 aliphatic rings. The van der Waals surface area contributed by atoms with Crippen LogP contribution < -0.4 is 15.6 Å². The number of amides is 2. The molecule has 12 nitrogen and oxygen atoms in total. The maximum Gasteiger partial charge on any atom is 0.352 e. The summed E-state index contributed by atoms with van der Waals surface area (Å²) < 4.78 is 5.89. The van der Waals surface area contributed by atoms with Crippen molar-refractivity contribution in [2.45, 2.75) is 31.3 Å². The number of carboxylic acids is 1. The van der Waals surface area contributed by atoms with Gasteiger partial charge in [0.15, 0.2) is 24.1 Å². The van der Waals surface area contributed by atoms with Gasteiger partial charge in [-0.15, -0.1) is 11.8 Å². The van der Waals surface area contributed by atoms with E-state index in [0.717, 1.165) is 23.5 Å². The molecule has 2 aliphatic heterocycles. The van der Waals surface area contributed by atoms with E-state index in [4.69, 9.17) is 10.6 Å². The Bertz CT molecular complexity index is 1270. The summed E-state index contributed by atoms with van der Waals surface area (Å²) >= 11 is 2.26. The molecule has 0 spiro atoms. The van der Waals surface area contributed by atoms with Crippen LogP contribution in [0.3, 0.4) is 0 Å². The summed E-state index contributed by atoms with van der Waals surface area (Å²) in [6, 6.07) is 2.95. The SMILES string of the molecule is C=CCON=C(C(=O)NC1C(=O)N2C(C(=O)O)=C(C[n+]3cccc(CC)c3)CS[C@@H]12)c1nsc(N)n1. The number of fused-ring (bicyclic) bond motifs is 1. The van der Waals surface area contributed by atoms with Crippen molar-refractivity contribution in [1.29, 1.82) is 0 Å². The van der Waals surface area contributed by atoms with Crippen molar-refractivity contribution in [2.75, 3.05) is 18.1 Å². The maximum atomic E-state index is 13.0. The van der Waals surface area contributed by atoms with Crippen LogP contribution in [0.2, 0.25) is 0 Å². The van der Waals surface area contributed by atoms with Crippen molar-refractivity contribution < 1.29 is 28.9 Å². The number of hydrogen-bond acceptors (Lipinski definition) is 10. The van der Waals surface area contributed by atoms with Gasteiger partial charge >= 0.3 is 5.97 Å². The number of aryl methyl sites for hydroxylation is 1. The van der Waals surface area contributed by atoms with Crippen molar-refractivity contribution in [2.24, 2.45) is 5.16 Å². The monoisotopic (exact) mass is 530 g/mol. The zero-order chi connectivity index (χ0) is 25.8. The second-order valence-corrected chi connectivity index (χ2v) is 9.73. The number of pyridine rings is 1. The largest absolute Gasteiger partial charge is 0.477 e. The minimum atomic E-state index is -1.19. The first-order valence-corrected chi connectivity index (χ1v) is 12.8. The number of rotatable bonds is 10. The van der Waals surface area contributed by atoms with E-state index in [2.05, 4.69) is 26.4 Å². The number of nitrogens with one attached hydrogen (secondary N) is 1. The number of β-lactam (4-membered cyclic amide) rings is 1. The van der Waals surface area contributed by atoms with E-state index in [1.165, 1.54) is 22.7 Å². The molecule has 1 fully saturated rings. The first-order valence-electron chi connectivity index (χ1n) is 10.9. The smallest absolute Gasteiger partial charge is 0.352 e. The van der Waals surface area contributed by atoms with Gasteiger partial charge in [0, 0.05) is 34.5 Å². The number of oxime groups is 1. The third kappa shape index (κ3) is 5.09. The van der Waals surface area contributed by atoms with E-state index >= 15 is 0 Å². The first-order chi connectivity index (χ1) is 17.3. The van der Waals surface area contributed by atoms with Gasteiger partial charge in [-0.3, -0.25) is 14.5 Å². The van der Waals surface area contributed by atoms with E-state index in [0.29, 0.717) is 17.9 Å². The summed E-state index contributed by atoms with van der Waals surface area (Å²) in [7, 11) is 0. The molecule has 0 bridgehead atoms. The molecule has 2 amide bonds. The molecule has 4 rings (SSSR count). The van der Waals surface area contributed by atoms with Crippen LogP contribution in [-0.2, 0) is 32.2 Å². The number of nitrogens with zero attached hydrogens (tertiary/aromatic N) is 5. The molecule has 4 N–H and O–H groups in total. The van der Waals surface area contributed by atoms with Gasteiger partial charge in [-0.2, -0.15) is 9.36 Å². The molecule has 0 aliphatic carbocycles. The summed E-state index contributed by atoms with van der Waals surface area (Å²) in [4.78, 5) is 48.4. The van der Waals surface area contributed by atoms with Crippen molar-refractivity contribution in [3.63, 3.8) is 0 Å². The van der Waals surface area contributed by atoms with Crippen LogP contribution >= 0.6 is 23.3 Å². The highest BCUT2D eigenvalue weighted by Crippen LogP contribution is 2.40. The Labute approximate surface area is 214 Å². The zero-order valence-electron chi connectivity index (χ0n) is 19.3. The van der Waals surface area contributed by atoms with Gasteiger partial charge in [-0.25, -0.2) is 9.36 Å². The molecule has 0 radical (unpaired) electrons. The van der Waals surface area contributed by atoms with Gasteiger partial charge in [0.25, 0.3) is 11.8 Å². The fourth-order valence-corrected chi connectivity index (χ4v) is 5.56. The average molecular weight is 531 g/mol. The van der Waals surface area contributed by atoms with Crippen LogP contribution in [0.5, 0.6) is 0 Å².